The molecular formula is C16H25N3O6. The Morgan fingerprint density at radius 1 is 1.16 bits per heavy atom. The van der Waals surface area contributed by atoms with Gasteiger partial charge in [-0.05, 0) is 41.5 Å². The van der Waals surface area contributed by atoms with Gasteiger partial charge in [-0.1, -0.05) is 0 Å². The van der Waals surface area contributed by atoms with Gasteiger partial charge in [0.25, 0.3) is 0 Å². The molecule has 1 N–H and O–H groups in total. The minimum Gasteiger partial charge on any atom is -0.461 e. The van der Waals surface area contributed by atoms with Crippen molar-refractivity contribution in [2.45, 2.75) is 53.3 Å². The fourth-order valence-corrected chi connectivity index (χ4v) is 1.89. The molecule has 0 spiro atoms. The lowest BCUT2D eigenvalue weighted by molar-refractivity contribution is 0.0450. The van der Waals surface area contributed by atoms with Crippen LogP contribution >= 0.6 is 0 Å². The zero-order valence-electron chi connectivity index (χ0n) is 15.4. The molecule has 1 aromatic heterocycles. The fraction of sp³-hybridized carbons (Fsp3) is 0.625. The molecule has 9 heteroatoms. The van der Waals surface area contributed by atoms with E-state index in [9.17, 15) is 14.4 Å². The number of carbonyl (C=O) groups is 3. The highest BCUT2D eigenvalue weighted by atomic mass is 16.6. The van der Waals surface area contributed by atoms with Crippen LogP contribution in [0.15, 0.2) is 6.07 Å². The Bertz CT molecular complexity index is 632. The molecule has 0 saturated carbocycles. The van der Waals surface area contributed by atoms with Gasteiger partial charge in [-0.2, -0.15) is 5.10 Å². The summed E-state index contributed by atoms with van der Waals surface area (Å²) in [6, 6.07) is 1.27. The first-order valence-electron chi connectivity index (χ1n) is 8.02. The van der Waals surface area contributed by atoms with E-state index < -0.39 is 29.8 Å². The van der Waals surface area contributed by atoms with Crippen molar-refractivity contribution in [2.24, 2.45) is 0 Å². The quantitative estimate of drug-likeness (QED) is 0.616. The molecule has 9 nitrogen and oxygen atoms in total. The summed E-state index contributed by atoms with van der Waals surface area (Å²) < 4.78 is 16.2. The number of esters is 2. The Kier molecular flexibility index (Phi) is 6.96. The summed E-state index contributed by atoms with van der Waals surface area (Å²) in [7, 11) is 0. The molecule has 1 aromatic rings. The summed E-state index contributed by atoms with van der Waals surface area (Å²) in [5.74, 6) is -1.33. The molecule has 0 aliphatic carbocycles. The van der Waals surface area contributed by atoms with E-state index in [0.717, 1.165) is 0 Å². The lowest BCUT2D eigenvalue weighted by Gasteiger charge is -2.22. The number of nitrogens with one attached hydrogen (secondary N) is 1. The van der Waals surface area contributed by atoms with Gasteiger partial charge in [0, 0.05) is 6.07 Å². The highest BCUT2D eigenvalue weighted by Crippen LogP contribution is 2.14. The van der Waals surface area contributed by atoms with Crippen LogP contribution in [0.4, 0.5) is 4.79 Å². The SMILES string of the molecule is CCOC(=O)c1cc(C(=O)OCC)n(C(C)NC(=O)OC(C)(C)C)n1. The number of nitrogens with zero attached hydrogens (tertiary/aromatic N) is 2. The van der Waals surface area contributed by atoms with Gasteiger partial charge in [-0.15, -0.1) is 0 Å². The maximum Gasteiger partial charge on any atom is 0.409 e. The monoisotopic (exact) mass is 355 g/mol. The van der Waals surface area contributed by atoms with Crippen molar-refractivity contribution in [3.05, 3.63) is 17.5 Å². The number of carbonyl (C=O) groups excluding carboxylic acids is 3. The standard InChI is InChI=1S/C16H25N3O6/c1-7-23-13(20)11-9-12(14(21)24-8-2)19(18-11)10(3)17-15(22)25-16(4,5)6/h9-10H,7-8H2,1-6H3,(H,17,22). The highest BCUT2D eigenvalue weighted by Gasteiger charge is 2.25. The molecule has 1 rings (SSSR count). The van der Waals surface area contributed by atoms with Crippen molar-refractivity contribution in [1.82, 2.24) is 15.1 Å². The number of aromatic nitrogens is 2. The number of ether oxygens (including phenoxy) is 3. The number of alkyl carbamates (subject to hydrolysis) is 1. The molecule has 0 aliphatic rings. The molecule has 0 aromatic carbocycles. The van der Waals surface area contributed by atoms with Crippen molar-refractivity contribution in [3.8, 4) is 0 Å². The van der Waals surface area contributed by atoms with Gasteiger partial charge < -0.3 is 14.2 Å². The smallest absolute Gasteiger partial charge is 0.409 e. The van der Waals surface area contributed by atoms with Crippen LogP contribution in [0.25, 0.3) is 0 Å². The molecule has 0 fully saturated rings. The summed E-state index contributed by atoms with van der Waals surface area (Å²) in [6.07, 6.45) is -1.43. The molecule has 0 saturated heterocycles. The van der Waals surface area contributed by atoms with Gasteiger partial charge in [0.15, 0.2) is 5.69 Å². The van der Waals surface area contributed by atoms with E-state index in [1.54, 1.807) is 41.5 Å². The lowest BCUT2D eigenvalue weighted by Crippen LogP contribution is -2.37. The van der Waals surface area contributed by atoms with E-state index in [1.165, 1.54) is 10.7 Å². The Hall–Kier alpha value is -2.58. The second kappa shape index (κ2) is 8.50. The predicted octanol–water partition coefficient (Wildman–Crippen LogP) is 2.28. The summed E-state index contributed by atoms with van der Waals surface area (Å²) in [5, 5.41) is 6.61. The summed E-state index contributed by atoms with van der Waals surface area (Å²) in [6.45, 7) is 10.4. The number of hydrogen-bond donors (Lipinski definition) is 1. The van der Waals surface area contributed by atoms with Crippen LogP contribution in [0.5, 0.6) is 0 Å². The van der Waals surface area contributed by atoms with E-state index in [2.05, 4.69) is 10.4 Å². The zero-order valence-corrected chi connectivity index (χ0v) is 15.4. The molecule has 1 amide bonds. The van der Waals surface area contributed by atoms with E-state index in [4.69, 9.17) is 14.2 Å². The van der Waals surface area contributed by atoms with E-state index in [1.807, 2.05) is 0 Å². The molecule has 1 heterocycles. The third kappa shape index (κ3) is 6.09. The maximum absolute atomic E-state index is 12.1. The summed E-state index contributed by atoms with van der Waals surface area (Å²) in [5.41, 5.74) is -0.704. The van der Waals surface area contributed by atoms with Crippen LogP contribution in [0.3, 0.4) is 0 Å². The second-order valence-corrected chi connectivity index (χ2v) is 6.12. The number of hydrogen-bond acceptors (Lipinski definition) is 7. The van der Waals surface area contributed by atoms with Crippen LogP contribution in [0, 0.1) is 0 Å². The third-order valence-electron chi connectivity index (χ3n) is 2.80. The van der Waals surface area contributed by atoms with Crippen molar-refractivity contribution >= 4 is 18.0 Å². The topological polar surface area (TPSA) is 109 Å². The normalized spacial score (nSPS) is 12.2. The van der Waals surface area contributed by atoms with Crippen LogP contribution in [-0.4, -0.2) is 46.6 Å². The Labute approximate surface area is 146 Å². The highest BCUT2D eigenvalue weighted by molar-refractivity contribution is 5.93. The minimum atomic E-state index is -0.752. The summed E-state index contributed by atoms with van der Waals surface area (Å²) in [4.78, 5) is 35.9. The first kappa shape index (κ1) is 20.5. The third-order valence-corrected chi connectivity index (χ3v) is 2.80. The largest absolute Gasteiger partial charge is 0.461 e. The minimum absolute atomic E-state index is 0.0217. The number of amides is 1. The van der Waals surface area contributed by atoms with Gasteiger partial charge in [0.2, 0.25) is 0 Å². The molecule has 1 unspecified atom stereocenters. The molecule has 1 atom stereocenters. The van der Waals surface area contributed by atoms with Crippen LogP contribution in [0.1, 0.15) is 68.7 Å². The van der Waals surface area contributed by atoms with E-state index in [-0.39, 0.29) is 24.6 Å². The summed E-state index contributed by atoms with van der Waals surface area (Å²) >= 11 is 0. The Balaban J connectivity index is 3.07. The molecule has 25 heavy (non-hydrogen) atoms. The zero-order chi connectivity index (χ0) is 19.2. The first-order valence-corrected chi connectivity index (χ1v) is 8.02. The van der Waals surface area contributed by atoms with E-state index in [0.29, 0.717) is 0 Å². The average Bonchev–Trinajstić information content (AvgIpc) is 2.91. The molecular weight excluding hydrogens is 330 g/mol. The van der Waals surface area contributed by atoms with Crippen molar-refractivity contribution < 1.29 is 28.6 Å². The Morgan fingerprint density at radius 2 is 1.72 bits per heavy atom. The lowest BCUT2D eigenvalue weighted by atomic mass is 10.2. The van der Waals surface area contributed by atoms with Gasteiger partial charge in [0.05, 0.1) is 13.2 Å². The van der Waals surface area contributed by atoms with Gasteiger partial charge in [0.1, 0.15) is 17.5 Å². The first-order chi connectivity index (χ1) is 11.6. The molecule has 0 radical (unpaired) electrons. The van der Waals surface area contributed by atoms with Crippen LogP contribution in [-0.2, 0) is 14.2 Å². The van der Waals surface area contributed by atoms with Crippen molar-refractivity contribution in [3.63, 3.8) is 0 Å². The Morgan fingerprint density at radius 3 is 2.24 bits per heavy atom. The van der Waals surface area contributed by atoms with Crippen molar-refractivity contribution in [1.29, 1.82) is 0 Å². The van der Waals surface area contributed by atoms with Gasteiger partial charge in [-0.25, -0.2) is 19.1 Å². The maximum atomic E-state index is 12.1. The molecule has 0 aliphatic heterocycles. The van der Waals surface area contributed by atoms with Crippen molar-refractivity contribution in [2.75, 3.05) is 13.2 Å². The van der Waals surface area contributed by atoms with Gasteiger partial charge in [-0.3, -0.25) is 5.32 Å². The molecule has 140 valence electrons. The molecule has 0 bridgehead atoms. The van der Waals surface area contributed by atoms with Gasteiger partial charge >= 0.3 is 18.0 Å². The van der Waals surface area contributed by atoms with E-state index >= 15 is 0 Å². The van der Waals surface area contributed by atoms with Crippen LogP contribution in [0.2, 0.25) is 0 Å². The average molecular weight is 355 g/mol. The predicted molar refractivity (Wildman–Crippen MR) is 88.2 cm³/mol. The second-order valence-electron chi connectivity index (χ2n) is 6.12. The fourth-order valence-electron chi connectivity index (χ4n) is 1.89. The van der Waals surface area contributed by atoms with Crippen LogP contribution < -0.4 is 5.32 Å². The number of rotatable bonds is 6.